The lowest BCUT2D eigenvalue weighted by Crippen LogP contribution is -2.60. The van der Waals surface area contributed by atoms with E-state index in [0.717, 1.165) is 98.6 Å². The van der Waals surface area contributed by atoms with Gasteiger partial charge in [-0.15, -0.1) is 0 Å². The molecule has 0 unspecified atom stereocenters. The first-order valence-electron chi connectivity index (χ1n) is 24.5. The highest BCUT2D eigenvalue weighted by atomic mass is 28.5. The summed E-state index contributed by atoms with van der Waals surface area (Å²) in [6, 6.07) is 1.50. The van der Waals surface area contributed by atoms with Crippen molar-refractivity contribution in [1.29, 1.82) is 0 Å². The number of amides is 2. The Balaban J connectivity index is 4.54. The van der Waals surface area contributed by atoms with Crippen LogP contribution in [0.15, 0.2) is 0 Å². The van der Waals surface area contributed by atoms with Gasteiger partial charge in [-0.05, 0) is 169 Å². The van der Waals surface area contributed by atoms with Gasteiger partial charge in [0.25, 0.3) is 0 Å². The van der Waals surface area contributed by atoms with Gasteiger partial charge >= 0.3 is 17.6 Å². The van der Waals surface area contributed by atoms with Crippen molar-refractivity contribution in [3.8, 4) is 0 Å². The van der Waals surface area contributed by atoms with Crippen LogP contribution in [0.3, 0.4) is 0 Å². The summed E-state index contributed by atoms with van der Waals surface area (Å²) in [6.07, 6.45) is 10.2. The first-order chi connectivity index (χ1) is 28.2. The Labute approximate surface area is 399 Å². The van der Waals surface area contributed by atoms with Crippen LogP contribution in [-0.2, 0) is 34.3 Å². The lowest BCUT2D eigenvalue weighted by Gasteiger charge is -2.43. The van der Waals surface area contributed by atoms with Crippen LogP contribution >= 0.6 is 0 Å². The lowest BCUT2D eigenvalue weighted by atomic mass is 10.1. The zero-order valence-corrected chi connectivity index (χ0v) is 53.6. The van der Waals surface area contributed by atoms with Crippen LogP contribution in [0.1, 0.15) is 70.6 Å². The number of carbonyl (C=O) groups is 2. The van der Waals surface area contributed by atoms with Gasteiger partial charge in [0.05, 0.1) is 54.4 Å². The summed E-state index contributed by atoms with van der Waals surface area (Å²) in [5.74, 6) is 0.281. The number of carbonyl (C=O) groups excluding carboxylic acids is 2. The van der Waals surface area contributed by atoms with Gasteiger partial charge in [0.2, 0.25) is 11.8 Å². The molecule has 0 aromatic rings. The monoisotopic (exact) mass is 1030 g/mol. The average Bonchev–Trinajstić information content (AvgIpc) is 2.99. The average molecular weight is 1030 g/mol. The summed E-state index contributed by atoms with van der Waals surface area (Å²) in [5, 5.41) is 6.34. The highest BCUT2D eigenvalue weighted by molar-refractivity contribution is 6.91. The predicted molar refractivity (Wildman–Crippen MR) is 288 cm³/mol. The second kappa shape index (κ2) is 26.9. The Bertz CT molecular complexity index is 1140. The highest BCUT2D eigenvalue weighted by Crippen LogP contribution is 2.31. The topological polar surface area (TPSA) is 114 Å². The Hall–Kier alpha value is 0.355. The molecule has 0 aliphatic carbocycles. The molecular formula is C43H106N4O8Si8+2. The highest BCUT2D eigenvalue weighted by Gasteiger charge is 2.51. The number of hydrogen-bond donors (Lipinski definition) is 2. The molecule has 0 rings (SSSR count). The maximum atomic E-state index is 12.8. The van der Waals surface area contributed by atoms with E-state index in [2.05, 4.69) is 157 Å². The molecule has 20 heteroatoms. The summed E-state index contributed by atoms with van der Waals surface area (Å²) in [6.45, 7) is 45.6. The standard InChI is InChI=1S/C43H104N4O8Si8/c1-46(2,36-27-23-25-32-42(48)44-34-29-40-62(50-56(5,6)7,51-57(8,9)10)52-58(11,12)13)38-31-39-47(3,4)37-28-24-26-33-43(49)45-35-30-41-63(53-59(14,15)16,54-60(17,18)19)55-61(20,21)22/h23-41H2,1-22H3/p+2. The van der Waals surface area contributed by atoms with E-state index in [1.165, 1.54) is 6.42 Å². The van der Waals surface area contributed by atoms with Crippen LogP contribution in [-0.4, -0.2) is 156 Å². The van der Waals surface area contributed by atoms with Crippen LogP contribution in [0.25, 0.3) is 0 Å². The molecule has 63 heavy (non-hydrogen) atoms. The van der Waals surface area contributed by atoms with Gasteiger partial charge < -0.3 is 44.3 Å². The second-order valence-corrected chi connectivity index (χ2v) is 59.3. The van der Waals surface area contributed by atoms with Gasteiger partial charge in [-0.25, -0.2) is 0 Å². The minimum atomic E-state index is -2.87. The fourth-order valence-corrected chi connectivity index (χ4v) is 36.9. The third-order valence-corrected chi connectivity index (χ3v) is 33.7. The summed E-state index contributed by atoms with van der Waals surface area (Å²) < 4.78 is 42.8. The molecule has 0 saturated carbocycles. The number of nitrogens with zero attached hydrogens (tertiary/aromatic N) is 2. The predicted octanol–water partition coefficient (Wildman–Crippen LogP) is 10.6. The molecular weight excluding hydrogens is 925 g/mol. The van der Waals surface area contributed by atoms with E-state index >= 15 is 0 Å². The first-order valence-corrected chi connectivity index (χ1v) is 48.8. The van der Waals surface area contributed by atoms with Crippen molar-refractivity contribution < 1.29 is 43.2 Å². The maximum absolute atomic E-state index is 12.8. The summed E-state index contributed by atoms with van der Waals surface area (Å²) in [5.41, 5.74) is 0. The Kier molecular flexibility index (Phi) is 27.1. The number of quaternary nitrogens is 2. The fraction of sp³-hybridized carbons (Fsp3) is 0.953. The van der Waals surface area contributed by atoms with E-state index in [1.54, 1.807) is 0 Å². The zero-order valence-electron chi connectivity index (χ0n) is 45.6. The molecule has 0 aliphatic heterocycles. The molecule has 0 radical (unpaired) electrons. The summed E-state index contributed by atoms with van der Waals surface area (Å²) in [4.78, 5) is 25.5. The van der Waals surface area contributed by atoms with E-state index < -0.39 is 67.5 Å². The molecule has 0 saturated heterocycles. The molecule has 0 heterocycles. The molecule has 0 atom stereocenters. The minimum absolute atomic E-state index is 0.140. The van der Waals surface area contributed by atoms with Crippen molar-refractivity contribution in [2.24, 2.45) is 0 Å². The molecule has 0 aromatic carbocycles. The van der Waals surface area contributed by atoms with Crippen LogP contribution in [0.5, 0.6) is 0 Å². The molecule has 2 amide bonds. The van der Waals surface area contributed by atoms with Crippen molar-refractivity contribution in [2.75, 3.05) is 67.5 Å². The first kappa shape index (κ1) is 63.4. The molecule has 376 valence electrons. The van der Waals surface area contributed by atoms with E-state index in [1.807, 2.05) is 0 Å². The van der Waals surface area contributed by atoms with Crippen molar-refractivity contribution in [3.63, 3.8) is 0 Å². The van der Waals surface area contributed by atoms with E-state index in [0.29, 0.717) is 25.9 Å². The fourth-order valence-electron chi connectivity index (χ4n) is 7.63. The molecule has 0 aromatic heterocycles. The van der Waals surface area contributed by atoms with Gasteiger partial charge in [0.15, 0.2) is 49.9 Å². The molecule has 12 nitrogen and oxygen atoms in total. The van der Waals surface area contributed by atoms with Crippen molar-refractivity contribution in [3.05, 3.63) is 0 Å². The molecule has 0 aliphatic rings. The SMILES string of the molecule is C[N+](C)(CCCCCC(=O)NCCC[Si](O[Si](C)(C)C)(O[Si](C)(C)C)O[Si](C)(C)C)CCC[N+](C)(C)CCCCCC(=O)NCCC[Si](O[Si](C)(C)C)(O[Si](C)(C)C)O[Si](C)(C)C. The molecule has 0 bridgehead atoms. The number of nitrogens with one attached hydrogen (secondary N) is 2. The largest absolute Gasteiger partial charge is 0.469 e. The van der Waals surface area contributed by atoms with Crippen molar-refractivity contribution in [2.45, 2.75) is 201 Å². The maximum Gasteiger partial charge on any atom is 0.469 e. The van der Waals surface area contributed by atoms with Crippen molar-refractivity contribution in [1.82, 2.24) is 10.6 Å². The molecule has 0 spiro atoms. The normalized spacial score (nSPS) is 14.3. The third kappa shape index (κ3) is 37.0. The van der Waals surface area contributed by atoms with Gasteiger partial charge in [-0.2, -0.15) is 0 Å². The zero-order chi connectivity index (χ0) is 49.2. The van der Waals surface area contributed by atoms with Gasteiger partial charge in [-0.3, -0.25) is 9.59 Å². The van der Waals surface area contributed by atoms with Crippen LogP contribution in [0.2, 0.25) is 130 Å². The lowest BCUT2D eigenvalue weighted by molar-refractivity contribution is -0.909. The number of hydrogen-bond acceptors (Lipinski definition) is 8. The Morgan fingerprint density at radius 3 is 0.825 bits per heavy atom. The smallest absolute Gasteiger partial charge is 0.417 e. The Morgan fingerprint density at radius 1 is 0.349 bits per heavy atom. The number of rotatable bonds is 36. The number of unbranched alkanes of at least 4 members (excludes halogenated alkanes) is 4. The Morgan fingerprint density at radius 2 is 0.587 bits per heavy atom. The summed E-state index contributed by atoms with van der Waals surface area (Å²) in [7, 11) is -7.82. The van der Waals surface area contributed by atoms with E-state index in [4.69, 9.17) is 24.7 Å². The third-order valence-electron chi connectivity index (χ3n) is 9.60. The van der Waals surface area contributed by atoms with E-state index in [-0.39, 0.29) is 11.8 Å². The van der Waals surface area contributed by atoms with Crippen LogP contribution < -0.4 is 10.6 Å². The quantitative estimate of drug-likeness (QED) is 0.0363. The van der Waals surface area contributed by atoms with Gasteiger partial charge in [0.1, 0.15) is 0 Å². The van der Waals surface area contributed by atoms with Gasteiger partial charge in [-0.1, -0.05) is 0 Å². The van der Waals surface area contributed by atoms with E-state index in [9.17, 15) is 9.59 Å². The van der Waals surface area contributed by atoms with Crippen LogP contribution in [0, 0.1) is 0 Å². The molecule has 2 N–H and O–H groups in total. The minimum Gasteiger partial charge on any atom is -0.417 e. The van der Waals surface area contributed by atoms with Gasteiger partial charge in [0, 0.05) is 44.4 Å². The second-order valence-electron chi connectivity index (χ2n) is 25.3. The van der Waals surface area contributed by atoms with Crippen molar-refractivity contribution >= 4 is 79.3 Å². The van der Waals surface area contributed by atoms with Crippen LogP contribution in [0.4, 0.5) is 0 Å². The molecule has 0 fully saturated rings. The summed E-state index contributed by atoms with van der Waals surface area (Å²) >= 11 is 0.